The predicted molar refractivity (Wildman–Crippen MR) is 131 cm³/mol. The first-order chi connectivity index (χ1) is 13.5. The first kappa shape index (κ1) is 25.7. The number of anilines is 1. The van der Waals surface area contributed by atoms with Gasteiger partial charge in [-0.05, 0) is 43.9 Å². The van der Waals surface area contributed by atoms with E-state index in [0.29, 0.717) is 25.5 Å². The SMILES string of the molecule is CCCC(O)(CCC)CNC(=NCc1ccc(N2CCCC2=O)cc1)NCC.I. The Morgan fingerprint density at radius 2 is 1.79 bits per heavy atom. The Labute approximate surface area is 192 Å². The molecule has 0 unspecified atom stereocenters. The number of guanidine groups is 1. The molecule has 1 amide bonds. The normalized spacial score (nSPS) is 14.7. The number of nitrogens with zero attached hydrogens (tertiary/aromatic N) is 2. The van der Waals surface area contributed by atoms with Crippen LogP contribution in [0.25, 0.3) is 0 Å². The summed E-state index contributed by atoms with van der Waals surface area (Å²) >= 11 is 0. The molecule has 0 saturated carbocycles. The second-order valence-corrected chi connectivity index (χ2v) is 7.59. The lowest BCUT2D eigenvalue weighted by atomic mass is 9.93. The van der Waals surface area contributed by atoms with E-state index in [1.54, 1.807) is 0 Å². The fraction of sp³-hybridized carbons (Fsp3) is 0.636. The van der Waals surface area contributed by atoms with E-state index < -0.39 is 5.60 Å². The highest BCUT2D eigenvalue weighted by Crippen LogP contribution is 2.22. The molecule has 1 aliphatic rings. The average molecular weight is 516 g/mol. The van der Waals surface area contributed by atoms with Crippen LogP contribution in [0.3, 0.4) is 0 Å². The van der Waals surface area contributed by atoms with E-state index in [2.05, 4.69) is 29.5 Å². The third kappa shape index (κ3) is 8.12. The molecule has 3 N–H and O–H groups in total. The van der Waals surface area contributed by atoms with Crippen LogP contribution < -0.4 is 15.5 Å². The van der Waals surface area contributed by atoms with E-state index in [1.807, 2.05) is 36.1 Å². The van der Waals surface area contributed by atoms with E-state index in [9.17, 15) is 9.90 Å². The van der Waals surface area contributed by atoms with Crippen molar-refractivity contribution in [1.82, 2.24) is 10.6 Å². The van der Waals surface area contributed by atoms with Crippen LogP contribution in [0.1, 0.15) is 64.9 Å². The summed E-state index contributed by atoms with van der Waals surface area (Å²) in [5, 5.41) is 17.3. The molecule has 0 bridgehead atoms. The van der Waals surface area contributed by atoms with Gasteiger partial charge >= 0.3 is 0 Å². The Balaban J connectivity index is 0.00000420. The van der Waals surface area contributed by atoms with Gasteiger partial charge in [0.15, 0.2) is 5.96 Å². The molecule has 7 heteroatoms. The van der Waals surface area contributed by atoms with E-state index in [-0.39, 0.29) is 29.9 Å². The molecule has 1 heterocycles. The molecule has 6 nitrogen and oxygen atoms in total. The topological polar surface area (TPSA) is 77.0 Å². The van der Waals surface area contributed by atoms with Gasteiger partial charge in [-0.15, -0.1) is 24.0 Å². The second-order valence-electron chi connectivity index (χ2n) is 7.59. The van der Waals surface area contributed by atoms with Gasteiger partial charge in [-0.25, -0.2) is 4.99 Å². The number of nitrogens with one attached hydrogen (secondary N) is 2. The van der Waals surface area contributed by atoms with Crippen LogP contribution in [-0.2, 0) is 11.3 Å². The van der Waals surface area contributed by atoms with Crippen LogP contribution in [-0.4, -0.2) is 42.2 Å². The minimum absolute atomic E-state index is 0. The predicted octanol–water partition coefficient (Wildman–Crippen LogP) is 3.82. The van der Waals surface area contributed by atoms with Gasteiger partial charge < -0.3 is 20.6 Å². The molecule has 1 saturated heterocycles. The van der Waals surface area contributed by atoms with Gasteiger partial charge in [0.05, 0.1) is 12.1 Å². The zero-order valence-electron chi connectivity index (χ0n) is 18.0. The molecule has 164 valence electrons. The van der Waals surface area contributed by atoms with Crippen molar-refractivity contribution in [2.45, 2.75) is 71.4 Å². The van der Waals surface area contributed by atoms with Crippen molar-refractivity contribution in [3.8, 4) is 0 Å². The van der Waals surface area contributed by atoms with Crippen LogP contribution >= 0.6 is 24.0 Å². The molecule has 1 aromatic carbocycles. The van der Waals surface area contributed by atoms with Crippen molar-refractivity contribution in [3.63, 3.8) is 0 Å². The fourth-order valence-corrected chi connectivity index (χ4v) is 3.70. The van der Waals surface area contributed by atoms with E-state index in [1.165, 1.54) is 0 Å². The Bertz CT molecular complexity index is 643. The minimum atomic E-state index is -0.691. The molecular formula is C22H37IN4O2. The quantitative estimate of drug-likeness (QED) is 0.251. The summed E-state index contributed by atoms with van der Waals surface area (Å²) in [6.07, 6.45) is 5.06. The van der Waals surface area contributed by atoms with Crippen molar-refractivity contribution >= 4 is 41.5 Å². The maximum Gasteiger partial charge on any atom is 0.227 e. The van der Waals surface area contributed by atoms with Crippen LogP contribution in [0.4, 0.5) is 5.69 Å². The molecular weight excluding hydrogens is 479 g/mol. The first-order valence-electron chi connectivity index (χ1n) is 10.6. The highest BCUT2D eigenvalue weighted by Gasteiger charge is 2.25. The molecule has 1 aliphatic heterocycles. The lowest BCUT2D eigenvalue weighted by Gasteiger charge is -2.28. The molecule has 0 aromatic heterocycles. The molecule has 1 aromatic rings. The molecule has 29 heavy (non-hydrogen) atoms. The standard InChI is InChI=1S/C22H36N4O2.HI/c1-4-13-22(28,14-5-2)17-25-21(23-6-3)24-16-18-9-11-19(12-10-18)26-15-7-8-20(26)27;/h9-12,28H,4-8,13-17H2,1-3H3,(H2,23,24,25);1H. The van der Waals surface area contributed by atoms with E-state index in [4.69, 9.17) is 0 Å². The van der Waals surface area contributed by atoms with Crippen molar-refractivity contribution in [2.24, 2.45) is 4.99 Å². The summed E-state index contributed by atoms with van der Waals surface area (Å²) in [4.78, 5) is 18.4. The smallest absolute Gasteiger partial charge is 0.227 e. The Morgan fingerprint density at radius 1 is 1.14 bits per heavy atom. The first-order valence-corrected chi connectivity index (χ1v) is 10.6. The van der Waals surface area contributed by atoms with Crippen LogP contribution in [0.5, 0.6) is 0 Å². The Kier molecular flexibility index (Phi) is 11.6. The summed E-state index contributed by atoms with van der Waals surface area (Å²) in [7, 11) is 0. The number of hydrogen-bond donors (Lipinski definition) is 3. The zero-order valence-corrected chi connectivity index (χ0v) is 20.4. The van der Waals surface area contributed by atoms with Crippen molar-refractivity contribution in [2.75, 3.05) is 24.5 Å². The zero-order chi connectivity index (χ0) is 20.4. The van der Waals surface area contributed by atoms with Crippen molar-refractivity contribution in [1.29, 1.82) is 0 Å². The molecule has 0 aliphatic carbocycles. The Hall–Kier alpha value is -1.35. The van der Waals surface area contributed by atoms with Gasteiger partial charge in [0.1, 0.15) is 0 Å². The number of aliphatic imine (C=N–C) groups is 1. The van der Waals surface area contributed by atoms with E-state index >= 15 is 0 Å². The lowest BCUT2D eigenvalue weighted by Crippen LogP contribution is -2.47. The summed E-state index contributed by atoms with van der Waals surface area (Å²) in [5.41, 5.74) is 1.36. The molecule has 0 spiro atoms. The summed E-state index contributed by atoms with van der Waals surface area (Å²) < 4.78 is 0. The van der Waals surface area contributed by atoms with Crippen LogP contribution in [0, 0.1) is 0 Å². The molecule has 0 atom stereocenters. The lowest BCUT2D eigenvalue weighted by molar-refractivity contribution is -0.117. The third-order valence-electron chi connectivity index (χ3n) is 5.10. The van der Waals surface area contributed by atoms with Gasteiger partial charge in [0, 0.05) is 31.7 Å². The summed E-state index contributed by atoms with van der Waals surface area (Å²) in [5.74, 6) is 0.919. The summed E-state index contributed by atoms with van der Waals surface area (Å²) in [6, 6.07) is 8.04. The highest BCUT2D eigenvalue weighted by atomic mass is 127. The number of aliphatic hydroxyl groups is 1. The molecule has 1 fully saturated rings. The monoisotopic (exact) mass is 516 g/mol. The number of benzene rings is 1. The Morgan fingerprint density at radius 3 is 2.31 bits per heavy atom. The average Bonchev–Trinajstić information content (AvgIpc) is 3.11. The van der Waals surface area contributed by atoms with Gasteiger partial charge in [-0.1, -0.05) is 38.8 Å². The van der Waals surface area contributed by atoms with Gasteiger partial charge in [0.25, 0.3) is 0 Å². The number of rotatable bonds is 10. The second kappa shape index (κ2) is 13.1. The van der Waals surface area contributed by atoms with E-state index in [0.717, 1.165) is 56.4 Å². The number of carbonyl (C=O) groups excluding carboxylic acids is 1. The largest absolute Gasteiger partial charge is 0.388 e. The maximum atomic E-state index is 11.9. The number of hydrogen-bond acceptors (Lipinski definition) is 3. The maximum absolute atomic E-state index is 11.9. The van der Waals surface area contributed by atoms with Crippen molar-refractivity contribution in [3.05, 3.63) is 29.8 Å². The number of amides is 1. The molecule has 2 rings (SSSR count). The fourth-order valence-electron chi connectivity index (χ4n) is 3.70. The molecule has 0 radical (unpaired) electrons. The highest BCUT2D eigenvalue weighted by molar-refractivity contribution is 14.0. The number of halogens is 1. The van der Waals surface area contributed by atoms with Gasteiger partial charge in [-0.3, -0.25) is 4.79 Å². The van der Waals surface area contributed by atoms with Crippen LogP contribution in [0.15, 0.2) is 29.3 Å². The minimum Gasteiger partial charge on any atom is -0.388 e. The van der Waals surface area contributed by atoms with Gasteiger partial charge in [-0.2, -0.15) is 0 Å². The third-order valence-corrected chi connectivity index (χ3v) is 5.10. The van der Waals surface area contributed by atoms with Crippen molar-refractivity contribution < 1.29 is 9.90 Å². The van der Waals surface area contributed by atoms with Gasteiger partial charge in [0.2, 0.25) is 5.91 Å². The number of carbonyl (C=O) groups is 1. The van der Waals surface area contributed by atoms with Crippen LogP contribution in [0.2, 0.25) is 0 Å². The summed E-state index contributed by atoms with van der Waals surface area (Å²) in [6.45, 7) is 8.84.